The summed E-state index contributed by atoms with van der Waals surface area (Å²) in [7, 11) is 0. The lowest BCUT2D eigenvalue weighted by molar-refractivity contribution is -0.121. The summed E-state index contributed by atoms with van der Waals surface area (Å²) in [5.41, 5.74) is 1.10. The van der Waals surface area contributed by atoms with Crippen LogP contribution >= 0.6 is 11.6 Å². The molecule has 2 heterocycles. The maximum atomic E-state index is 11.7. The van der Waals surface area contributed by atoms with E-state index < -0.39 is 0 Å². The zero-order valence-electron chi connectivity index (χ0n) is 11.5. The predicted molar refractivity (Wildman–Crippen MR) is 74.5 cm³/mol. The van der Waals surface area contributed by atoms with E-state index in [2.05, 4.69) is 15.6 Å². The third-order valence-electron chi connectivity index (χ3n) is 2.91. The molecule has 1 atom stereocenters. The fourth-order valence-electron chi connectivity index (χ4n) is 1.76. The maximum absolute atomic E-state index is 11.7. The zero-order chi connectivity index (χ0) is 14.5. The van der Waals surface area contributed by atoms with E-state index in [4.69, 9.17) is 16.1 Å². The molecule has 0 unspecified atom stereocenters. The Morgan fingerprint density at radius 2 is 2.40 bits per heavy atom. The summed E-state index contributed by atoms with van der Waals surface area (Å²) in [5, 5.41) is 11.0. The molecule has 2 rings (SSSR count). The number of halogens is 1. The minimum absolute atomic E-state index is 0.0340. The first-order chi connectivity index (χ1) is 9.54. The number of carbonyl (C=O) groups is 1. The third-order valence-corrected chi connectivity index (χ3v) is 3.08. The van der Waals surface area contributed by atoms with E-state index in [1.54, 1.807) is 12.3 Å². The number of nitrogens with zero attached hydrogens (tertiary/aromatic N) is 3. The lowest BCUT2D eigenvalue weighted by Crippen LogP contribution is -2.29. The van der Waals surface area contributed by atoms with Gasteiger partial charge in [-0.05, 0) is 19.4 Å². The van der Waals surface area contributed by atoms with Gasteiger partial charge >= 0.3 is 0 Å². The van der Waals surface area contributed by atoms with Crippen LogP contribution in [0, 0.1) is 6.92 Å². The molecule has 0 bridgehead atoms. The molecule has 0 saturated heterocycles. The van der Waals surface area contributed by atoms with Crippen LogP contribution in [0.5, 0.6) is 0 Å². The minimum atomic E-state index is -0.0340. The molecule has 108 valence electrons. The van der Waals surface area contributed by atoms with Crippen LogP contribution in [0.3, 0.4) is 0 Å². The van der Waals surface area contributed by atoms with E-state index in [-0.39, 0.29) is 11.9 Å². The first kappa shape index (κ1) is 14.6. The summed E-state index contributed by atoms with van der Waals surface area (Å²) >= 11 is 5.63. The fourth-order valence-corrected chi connectivity index (χ4v) is 1.92. The molecule has 0 radical (unpaired) electrons. The van der Waals surface area contributed by atoms with Crippen molar-refractivity contribution in [3.8, 4) is 0 Å². The van der Waals surface area contributed by atoms with Gasteiger partial charge in [0.1, 0.15) is 5.76 Å². The largest absolute Gasteiger partial charge is 0.360 e. The van der Waals surface area contributed by atoms with Crippen LogP contribution in [0.25, 0.3) is 0 Å². The number of aromatic nitrogens is 3. The van der Waals surface area contributed by atoms with Gasteiger partial charge in [-0.3, -0.25) is 9.48 Å². The minimum Gasteiger partial charge on any atom is -0.360 e. The van der Waals surface area contributed by atoms with Crippen LogP contribution in [0.2, 0.25) is 5.15 Å². The van der Waals surface area contributed by atoms with Gasteiger partial charge in [-0.25, -0.2) is 0 Å². The van der Waals surface area contributed by atoms with Gasteiger partial charge in [-0.2, -0.15) is 5.10 Å². The molecule has 0 aromatic carbocycles. The van der Waals surface area contributed by atoms with E-state index in [9.17, 15) is 4.79 Å². The highest BCUT2D eigenvalue weighted by Crippen LogP contribution is 2.10. The molecule has 0 fully saturated rings. The monoisotopic (exact) mass is 296 g/mol. The standard InChI is InChI=1S/C13H17ClN4O2/c1-9-6-16-18(8-9)10(2)7-15-13(19)4-3-11-5-12(14)17-20-11/h5-6,8,10H,3-4,7H2,1-2H3,(H,15,19)/t10-/m0/s1. The molecular weight excluding hydrogens is 280 g/mol. The number of hydrogen-bond donors (Lipinski definition) is 1. The lowest BCUT2D eigenvalue weighted by atomic mass is 10.2. The average molecular weight is 297 g/mol. The van der Waals surface area contributed by atoms with E-state index in [1.165, 1.54) is 0 Å². The van der Waals surface area contributed by atoms with Gasteiger partial charge in [0.15, 0.2) is 5.15 Å². The van der Waals surface area contributed by atoms with Crippen molar-refractivity contribution in [2.75, 3.05) is 6.54 Å². The van der Waals surface area contributed by atoms with Gasteiger partial charge in [0, 0.05) is 31.6 Å². The molecule has 0 spiro atoms. The van der Waals surface area contributed by atoms with Crippen LogP contribution in [0.1, 0.15) is 30.7 Å². The summed E-state index contributed by atoms with van der Waals surface area (Å²) in [5.74, 6) is 0.578. The van der Waals surface area contributed by atoms with Gasteiger partial charge in [-0.15, -0.1) is 0 Å². The van der Waals surface area contributed by atoms with Crippen molar-refractivity contribution in [2.45, 2.75) is 32.7 Å². The zero-order valence-corrected chi connectivity index (χ0v) is 12.2. The van der Waals surface area contributed by atoms with Crippen LogP contribution in [0.4, 0.5) is 0 Å². The van der Waals surface area contributed by atoms with Crippen LogP contribution < -0.4 is 5.32 Å². The summed E-state index contributed by atoms with van der Waals surface area (Å²) in [6.07, 6.45) is 4.58. The highest BCUT2D eigenvalue weighted by molar-refractivity contribution is 6.29. The predicted octanol–water partition coefficient (Wildman–Crippen LogP) is 2.14. The molecule has 1 N–H and O–H groups in total. The Kier molecular flexibility index (Phi) is 4.79. The number of aryl methyl sites for hydroxylation is 2. The van der Waals surface area contributed by atoms with E-state index in [0.717, 1.165) is 5.56 Å². The Morgan fingerprint density at radius 3 is 3.00 bits per heavy atom. The number of rotatable bonds is 6. The van der Waals surface area contributed by atoms with Crippen LogP contribution in [0.15, 0.2) is 23.0 Å². The van der Waals surface area contributed by atoms with Gasteiger partial charge in [0.2, 0.25) is 5.91 Å². The van der Waals surface area contributed by atoms with Crippen molar-refractivity contribution in [2.24, 2.45) is 0 Å². The van der Waals surface area contributed by atoms with Crippen molar-refractivity contribution >= 4 is 17.5 Å². The molecule has 0 aliphatic rings. The Labute approximate surface area is 122 Å². The second-order valence-corrected chi connectivity index (χ2v) is 5.15. The normalized spacial score (nSPS) is 12.3. The highest BCUT2D eigenvalue weighted by Gasteiger charge is 2.09. The molecule has 2 aromatic heterocycles. The van der Waals surface area contributed by atoms with Gasteiger partial charge in [-0.1, -0.05) is 16.8 Å². The molecule has 0 aliphatic carbocycles. The van der Waals surface area contributed by atoms with E-state index in [1.807, 2.05) is 24.7 Å². The summed E-state index contributed by atoms with van der Waals surface area (Å²) in [4.78, 5) is 11.7. The average Bonchev–Trinajstić information content (AvgIpc) is 3.02. The van der Waals surface area contributed by atoms with E-state index in [0.29, 0.717) is 30.3 Å². The number of amides is 1. The highest BCUT2D eigenvalue weighted by atomic mass is 35.5. The third kappa shape index (κ3) is 4.09. The SMILES string of the molecule is Cc1cnn([C@@H](C)CNC(=O)CCc2cc(Cl)no2)c1. The number of hydrogen-bond acceptors (Lipinski definition) is 4. The number of carbonyl (C=O) groups excluding carboxylic acids is 1. The summed E-state index contributed by atoms with van der Waals surface area (Å²) < 4.78 is 6.78. The molecule has 0 saturated carbocycles. The van der Waals surface area contributed by atoms with Crippen LogP contribution in [-0.2, 0) is 11.2 Å². The Hall–Kier alpha value is -1.82. The first-order valence-electron chi connectivity index (χ1n) is 6.43. The molecule has 7 heteroatoms. The topological polar surface area (TPSA) is 73.0 Å². The van der Waals surface area contributed by atoms with Gasteiger partial charge in [0.05, 0.1) is 12.2 Å². The molecule has 20 heavy (non-hydrogen) atoms. The van der Waals surface area contributed by atoms with Crippen molar-refractivity contribution in [1.82, 2.24) is 20.3 Å². The van der Waals surface area contributed by atoms with E-state index >= 15 is 0 Å². The fraction of sp³-hybridized carbons (Fsp3) is 0.462. The quantitative estimate of drug-likeness (QED) is 0.886. The van der Waals surface area contributed by atoms with Crippen LogP contribution in [-0.4, -0.2) is 27.4 Å². The maximum Gasteiger partial charge on any atom is 0.220 e. The Balaban J connectivity index is 1.72. The first-order valence-corrected chi connectivity index (χ1v) is 6.81. The Bertz CT molecular complexity index is 578. The second kappa shape index (κ2) is 6.56. The van der Waals surface area contributed by atoms with Gasteiger partial charge < -0.3 is 9.84 Å². The molecule has 0 aliphatic heterocycles. The summed E-state index contributed by atoms with van der Waals surface area (Å²) in [6, 6.07) is 1.73. The number of nitrogens with one attached hydrogen (secondary N) is 1. The van der Waals surface area contributed by atoms with Crippen molar-refractivity contribution in [1.29, 1.82) is 0 Å². The summed E-state index contributed by atoms with van der Waals surface area (Å²) in [6.45, 7) is 4.53. The van der Waals surface area contributed by atoms with Crippen molar-refractivity contribution in [3.05, 3.63) is 34.9 Å². The smallest absolute Gasteiger partial charge is 0.220 e. The van der Waals surface area contributed by atoms with Crippen molar-refractivity contribution < 1.29 is 9.32 Å². The molecule has 2 aromatic rings. The lowest BCUT2D eigenvalue weighted by Gasteiger charge is -2.13. The molecule has 6 nitrogen and oxygen atoms in total. The second-order valence-electron chi connectivity index (χ2n) is 4.77. The molecule has 1 amide bonds. The Morgan fingerprint density at radius 1 is 1.60 bits per heavy atom. The van der Waals surface area contributed by atoms with Gasteiger partial charge in [0.25, 0.3) is 0 Å². The molecular formula is C13H17ClN4O2. The van der Waals surface area contributed by atoms with Crippen molar-refractivity contribution in [3.63, 3.8) is 0 Å².